The Morgan fingerprint density at radius 1 is 1.06 bits per heavy atom. The maximum absolute atomic E-state index is 9.44. The Morgan fingerprint density at radius 2 is 1.72 bits per heavy atom. The molecule has 0 spiro atoms. The van der Waals surface area contributed by atoms with Crippen LogP contribution in [-0.4, -0.2) is 16.3 Å². The predicted molar refractivity (Wildman–Crippen MR) is 72.6 cm³/mol. The van der Waals surface area contributed by atoms with Gasteiger partial charge in [-0.2, -0.15) is 0 Å². The van der Waals surface area contributed by atoms with Crippen LogP contribution in [-0.2, 0) is 6.54 Å². The fourth-order valence-corrected chi connectivity index (χ4v) is 3.05. The second kappa shape index (κ2) is 5.61. The smallest absolute Gasteiger partial charge is 0.157 e. The van der Waals surface area contributed by atoms with Gasteiger partial charge in [-0.15, -0.1) is 0 Å². The van der Waals surface area contributed by atoms with E-state index in [1.807, 2.05) is 6.07 Å². The lowest BCUT2D eigenvalue weighted by molar-refractivity contribution is 0.238. The van der Waals surface area contributed by atoms with E-state index in [0.717, 1.165) is 23.9 Å². The molecule has 3 N–H and O–H groups in total. The summed E-state index contributed by atoms with van der Waals surface area (Å²) in [6.45, 7) is 5.38. The van der Waals surface area contributed by atoms with Gasteiger partial charge in [-0.1, -0.05) is 19.9 Å². The van der Waals surface area contributed by atoms with Crippen molar-refractivity contribution in [2.24, 2.45) is 11.8 Å². The lowest BCUT2D eigenvalue weighted by atomic mass is 9.80. The van der Waals surface area contributed by atoms with Crippen molar-refractivity contribution >= 4 is 0 Å². The van der Waals surface area contributed by atoms with Gasteiger partial charge in [-0.25, -0.2) is 0 Å². The largest absolute Gasteiger partial charge is 0.504 e. The average Bonchev–Trinajstić information content (AvgIpc) is 2.29. The van der Waals surface area contributed by atoms with Crippen LogP contribution in [0.15, 0.2) is 18.2 Å². The first kappa shape index (κ1) is 13.2. The Balaban J connectivity index is 1.89. The molecule has 18 heavy (non-hydrogen) atoms. The van der Waals surface area contributed by atoms with Gasteiger partial charge in [-0.05, 0) is 48.8 Å². The van der Waals surface area contributed by atoms with Crippen LogP contribution in [0.5, 0.6) is 11.5 Å². The van der Waals surface area contributed by atoms with Crippen LogP contribution in [0.4, 0.5) is 0 Å². The molecular weight excluding hydrogens is 226 g/mol. The highest BCUT2D eigenvalue weighted by Crippen LogP contribution is 2.29. The Labute approximate surface area is 109 Å². The average molecular weight is 249 g/mol. The van der Waals surface area contributed by atoms with Crippen LogP contribution in [0, 0.1) is 11.8 Å². The Hall–Kier alpha value is -1.22. The molecule has 1 aliphatic carbocycles. The number of hydrogen-bond acceptors (Lipinski definition) is 3. The van der Waals surface area contributed by atoms with Crippen molar-refractivity contribution in [2.45, 2.75) is 45.7 Å². The van der Waals surface area contributed by atoms with E-state index >= 15 is 0 Å². The van der Waals surface area contributed by atoms with Gasteiger partial charge < -0.3 is 15.5 Å². The summed E-state index contributed by atoms with van der Waals surface area (Å²) in [6, 6.07) is 5.58. The molecule has 0 heterocycles. The molecule has 1 aliphatic rings. The first-order chi connectivity index (χ1) is 8.54. The molecule has 100 valence electrons. The summed E-state index contributed by atoms with van der Waals surface area (Å²) >= 11 is 0. The third-order valence-electron chi connectivity index (χ3n) is 3.81. The molecule has 3 nitrogen and oxygen atoms in total. The predicted octanol–water partition coefficient (Wildman–Crippen LogP) is 3.01. The highest BCUT2D eigenvalue weighted by Gasteiger charge is 2.23. The standard InChI is InChI=1S/C15H23NO2/c1-10-5-11(2)7-13(6-10)16-9-12-3-4-14(17)15(18)8-12/h3-4,8,10-11,13,16-18H,5-7,9H2,1-2H3. The van der Waals surface area contributed by atoms with Gasteiger partial charge in [0.25, 0.3) is 0 Å². The lowest BCUT2D eigenvalue weighted by Gasteiger charge is -2.32. The van der Waals surface area contributed by atoms with Gasteiger partial charge in [0.1, 0.15) is 0 Å². The normalized spacial score (nSPS) is 28.2. The first-order valence-electron chi connectivity index (χ1n) is 6.79. The van der Waals surface area contributed by atoms with Crippen molar-refractivity contribution in [1.29, 1.82) is 0 Å². The van der Waals surface area contributed by atoms with Gasteiger partial charge in [0.15, 0.2) is 11.5 Å². The molecule has 0 aliphatic heterocycles. The van der Waals surface area contributed by atoms with E-state index < -0.39 is 0 Å². The molecule has 2 rings (SSSR count). The first-order valence-corrected chi connectivity index (χ1v) is 6.79. The molecule has 0 aromatic heterocycles. The van der Waals surface area contributed by atoms with Crippen LogP contribution in [0.2, 0.25) is 0 Å². The minimum Gasteiger partial charge on any atom is -0.504 e. The van der Waals surface area contributed by atoms with Gasteiger partial charge in [0.2, 0.25) is 0 Å². The van der Waals surface area contributed by atoms with Crippen LogP contribution >= 0.6 is 0 Å². The number of benzene rings is 1. The fraction of sp³-hybridized carbons (Fsp3) is 0.600. The van der Waals surface area contributed by atoms with E-state index in [1.165, 1.54) is 19.3 Å². The zero-order chi connectivity index (χ0) is 13.1. The van der Waals surface area contributed by atoms with Crippen molar-refractivity contribution in [3.05, 3.63) is 23.8 Å². The maximum Gasteiger partial charge on any atom is 0.157 e. The number of hydrogen-bond donors (Lipinski definition) is 3. The second-order valence-electron chi connectivity index (χ2n) is 5.82. The summed E-state index contributed by atoms with van der Waals surface area (Å²) in [4.78, 5) is 0. The minimum absolute atomic E-state index is 0.0420. The second-order valence-corrected chi connectivity index (χ2v) is 5.82. The summed E-state index contributed by atoms with van der Waals surface area (Å²) in [5.41, 5.74) is 1.01. The summed E-state index contributed by atoms with van der Waals surface area (Å²) in [7, 11) is 0. The Bertz CT molecular complexity index is 395. The fourth-order valence-electron chi connectivity index (χ4n) is 3.05. The highest BCUT2D eigenvalue weighted by molar-refractivity contribution is 5.40. The Kier molecular flexibility index (Phi) is 4.12. The molecule has 1 aromatic rings. The zero-order valence-corrected chi connectivity index (χ0v) is 11.2. The highest BCUT2D eigenvalue weighted by atomic mass is 16.3. The van der Waals surface area contributed by atoms with Crippen molar-refractivity contribution in [3.63, 3.8) is 0 Å². The molecular formula is C15H23NO2. The quantitative estimate of drug-likeness (QED) is 0.722. The van der Waals surface area contributed by atoms with Crippen LogP contribution in [0.1, 0.15) is 38.7 Å². The SMILES string of the molecule is CC1CC(C)CC(NCc2ccc(O)c(O)c2)C1. The van der Waals surface area contributed by atoms with E-state index in [4.69, 9.17) is 0 Å². The lowest BCUT2D eigenvalue weighted by Crippen LogP contribution is -2.35. The molecule has 1 aromatic carbocycles. The minimum atomic E-state index is -0.0568. The third kappa shape index (κ3) is 3.39. The van der Waals surface area contributed by atoms with E-state index in [1.54, 1.807) is 12.1 Å². The number of rotatable bonds is 3. The number of phenolic OH excluding ortho intramolecular Hbond substituents is 2. The summed E-state index contributed by atoms with van der Waals surface area (Å²) < 4.78 is 0. The third-order valence-corrected chi connectivity index (χ3v) is 3.81. The maximum atomic E-state index is 9.44. The Morgan fingerprint density at radius 3 is 2.33 bits per heavy atom. The van der Waals surface area contributed by atoms with Crippen LogP contribution in [0.3, 0.4) is 0 Å². The number of nitrogens with one attached hydrogen (secondary N) is 1. The van der Waals surface area contributed by atoms with E-state index in [-0.39, 0.29) is 11.5 Å². The summed E-state index contributed by atoms with van der Waals surface area (Å²) in [5.74, 6) is 1.48. The zero-order valence-electron chi connectivity index (χ0n) is 11.2. The van der Waals surface area contributed by atoms with Gasteiger partial charge in [-0.3, -0.25) is 0 Å². The van der Waals surface area contributed by atoms with Gasteiger partial charge in [0, 0.05) is 12.6 Å². The number of phenols is 2. The van der Waals surface area contributed by atoms with Crippen LogP contribution in [0.25, 0.3) is 0 Å². The number of aromatic hydroxyl groups is 2. The van der Waals surface area contributed by atoms with Crippen molar-refractivity contribution < 1.29 is 10.2 Å². The monoisotopic (exact) mass is 249 g/mol. The molecule has 0 bridgehead atoms. The van der Waals surface area contributed by atoms with Crippen LogP contribution < -0.4 is 5.32 Å². The van der Waals surface area contributed by atoms with E-state index in [9.17, 15) is 10.2 Å². The molecule has 1 fully saturated rings. The van der Waals surface area contributed by atoms with E-state index in [0.29, 0.717) is 6.04 Å². The van der Waals surface area contributed by atoms with Crippen molar-refractivity contribution in [1.82, 2.24) is 5.32 Å². The van der Waals surface area contributed by atoms with Crippen molar-refractivity contribution in [3.8, 4) is 11.5 Å². The molecule has 0 saturated heterocycles. The van der Waals surface area contributed by atoms with Crippen molar-refractivity contribution in [2.75, 3.05) is 0 Å². The molecule has 2 unspecified atom stereocenters. The summed E-state index contributed by atoms with van der Waals surface area (Å²) in [5, 5.41) is 22.3. The van der Waals surface area contributed by atoms with Gasteiger partial charge >= 0.3 is 0 Å². The summed E-state index contributed by atoms with van der Waals surface area (Å²) in [6.07, 6.45) is 3.79. The molecule has 0 radical (unpaired) electrons. The molecule has 0 amide bonds. The molecule has 1 saturated carbocycles. The molecule has 2 atom stereocenters. The topological polar surface area (TPSA) is 52.5 Å². The molecule has 3 heteroatoms. The van der Waals surface area contributed by atoms with E-state index in [2.05, 4.69) is 19.2 Å². The van der Waals surface area contributed by atoms with Gasteiger partial charge in [0.05, 0.1) is 0 Å².